The van der Waals surface area contributed by atoms with Gasteiger partial charge in [0, 0.05) is 30.4 Å². The average molecular weight is 270 g/mol. The van der Waals surface area contributed by atoms with Crippen molar-refractivity contribution >= 4 is 5.78 Å². The molecule has 0 spiro atoms. The number of aryl methyl sites for hydroxylation is 2. The average Bonchev–Trinajstić information content (AvgIpc) is 2.84. The fraction of sp³-hybridized carbons (Fsp3) is 0.412. The third kappa shape index (κ3) is 2.82. The first-order chi connectivity index (χ1) is 9.54. The van der Waals surface area contributed by atoms with Gasteiger partial charge in [0.05, 0.1) is 0 Å². The first kappa shape index (κ1) is 14.5. The fourth-order valence-corrected chi connectivity index (χ4v) is 2.47. The lowest BCUT2D eigenvalue weighted by atomic mass is 9.91. The molecule has 0 amide bonds. The number of carbonyl (C=O) groups excluding carboxylic acids is 1. The number of Topliss-reactive ketones (excluding diaryl/α,β-unsaturated/α-hetero) is 1. The minimum absolute atomic E-state index is 0.00315. The van der Waals surface area contributed by atoms with Crippen molar-refractivity contribution in [3.05, 3.63) is 53.1 Å². The normalized spacial score (nSPS) is 12.4. The topological polar surface area (TPSA) is 34.9 Å². The van der Waals surface area contributed by atoms with Gasteiger partial charge >= 0.3 is 0 Å². The molecule has 0 radical (unpaired) electrons. The second kappa shape index (κ2) is 6.04. The summed E-state index contributed by atoms with van der Waals surface area (Å²) in [5, 5.41) is 0. The number of carbonyl (C=O) groups is 1. The van der Waals surface area contributed by atoms with Crippen LogP contribution in [0.2, 0.25) is 0 Å². The molecular weight excluding hydrogens is 248 g/mol. The van der Waals surface area contributed by atoms with Crippen LogP contribution < -0.4 is 0 Å². The van der Waals surface area contributed by atoms with Crippen LogP contribution in [0.4, 0.5) is 0 Å². The number of ketones is 1. The largest absolute Gasteiger partial charge is 0.334 e. The quantitative estimate of drug-likeness (QED) is 0.776. The fourth-order valence-electron chi connectivity index (χ4n) is 2.47. The zero-order valence-electron chi connectivity index (χ0n) is 12.7. The monoisotopic (exact) mass is 270 g/mol. The SMILES string of the molecule is CCC(Cn1ccnc1C)C(=O)c1cccc(C)c1C. The van der Waals surface area contributed by atoms with E-state index in [0.29, 0.717) is 6.54 Å². The van der Waals surface area contributed by atoms with Crippen molar-refractivity contribution in [1.29, 1.82) is 0 Å². The van der Waals surface area contributed by atoms with E-state index in [9.17, 15) is 4.79 Å². The first-order valence-corrected chi connectivity index (χ1v) is 7.12. The van der Waals surface area contributed by atoms with E-state index in [2.05, 4.69) is 16.5 Å². The van der Waals surface area contributed by atoms with Gasteiger partial charge in [-0.05, 0) is 38.3 Å². The molecule has 0 fully saturated rings. The Hall–Kier alpha value is -1.90. The number of imidazole rings is 1. The van der Waals surface area contributed by atoms with Crippen molar-refractivity contribution in [1.82, 2.24) is 9.55 Å². The van der Waals surface area contributed by atoms with Gasteiger partial charge in [0.25, 0.3) is 0 Å². The Kier molecular flexibility index (Phi) is 4.38. The highest BCUT2D eigenvalue weighted by molar-refractivity contribution is 5.99. The van der Waals surface area contributed by atoms with Crippen LogP contribution in [-0.2, 0) is 6.54 Å². The van der Waals surface area contributed by atoms with E-state index in [1.165, 1.54) is 5.56 Å². The lowest BCUT2D eigenvalue weighted by Crippen LogP contribution is -2.21. The lowest BCUT2D eigenvalue weighted by Gasteiger charge is -2.17. The van der Waals surface area contributed by atoms with Crippen LogP contribution in [0.3, 0.4) is 0 Å². The molecule has 0 aliphatic rings. The van der Waals surface area contributed by atoms with Crippen LogP contribution in [0.5, 0.6) is 0 Å². The Morgan fingerprint density at radius 3 is 2.65 bits per heavy atom. The van der Waals surface area contributed by atoms with Crippen molar-refractivity contribution in [3.63, 3.8) is 0 Å². The van der Waals surface area contributed by atoms with E-state index >= 15 is 0 Å². The number of nitrogens with zero attached hydrogens (tertiary/aromatic N) is 2. The number of hydrogen-bond donors (Lipinski definition) is 0. The molecule has 1 aromatic heterocycles. The second-order valence-corrected chi connectivity index (χ2v) is 5.34. The molecule has 1 atom stereocenters. The van der Waals surface area contributed by atoms with Crippen LogP contribution in [0.15, 0.2) is 30.6 Å². The van der Waals surface area contributed by atoms with Gasteiger partial charge in [-0.3, -0.25) is 4.79 Å². The standard InChI is InChI=1S/C17H22N2O/c1-5-15(11-19-10-9-18-14(19)4)17(20)16-8-6-7-12(2)13(16)3/h6-10,15H,5,11H2,1-4H3. The van der Waals surface area contributed by atoms with Crippen LogP contribution in [0.25, 0.3) is 0 Å². The number of rotatable bonds is 5. The van der Waals surface area contributed by atoms with Gasteiger partial charge in [-0.15, -0.1) is 0 Å². The third-order valence-electron chi connectivity index (χ3n) is 4.07. The van der Waals surface area contributed by atoms with Crippen LogP contribution in [-0.4, -0.2) is 15.3 Å². The van der Waals surface area contributed by atoms with Gasteiger partial charge in [0.15, 0.2) is 5.78 Å². The van der Waals surface area contributed by atoms with E-state index in [-0.39, 0.29) is 11.7 Å². The molecule has 1 unspecified atom stereocenters. The molecule has 1 heterocycles. The van der Waals surface area contributed by atoms with Gasteiger partial charge in [-0.1, -0.05) is 25.1 Å². The maximum atomic E-state index is 12.8. The van der Waals surface area contributed by atoms with Gasteiger partial charge in [-0.2, -0.15) is 0 Å². The molecule has 0 saturated carbocycles. The molecule has 2 aromatic rings. The van der Waals surface area contributed by atoms with Gasteiger partial charge in [0.2, 0.25) is 0 Å². The number of benzene rings is 1. The van der Waals surface area contributed by atoms with E-state index < -0.39 is 0 Å². The minimum Gasteiger partial charge on any atom is -0.334 e. The first-order valence-electron chi connectivity index (χ1n) is 7.12. The van der Waals surface area contributed by atoms with Crippen molar-refractivity contribution in [2.75, 3.05) is 0 Å². The Bertz CT molecular complexity index is 613. The number of hydrogen-bond acceptors (Lipinski definition) is 2. The van der Waals surface area contributed by atoms with Crippen molar-refractivity contribution in [3.8, 4) is 0 Å². The van der Waals surface area contributed by atoms with Crippen LogP contribution >= 0.6 is 0 Å². The molecule has 106 valence electrons. The summed E-state index contributed by atoms with van der Waals surface area (Å²) < 4.78 is 2.05. The Morgan fingerprint density at radius 1 is 1.30 bits per heavy atom. The molecule has 20 heavy (non-hydrogen) atoms. The summed E-state index contributed by atoms with van der Waals surface area (Å²) in [4.78, 5) is 17.0. The Labute approximate surface area is 120 Å². The molecule has 0 saturated heterocycles. The molecule has 0 aliphatic carbocycles. The molecule has 0 N–H and O–H groups in total. The lowest BCUT2D eigenvalue weighted by molar-refractivity contribution is 0.0902. The summed E-state index contributed by atoms with van der Waals surface area (Å²) in [6, 6.07) is 5.95. The van der Waals surface area contributed by atoms with Crippen LogP contribution in [0, 0.1) is 26.7 Å². The predicted octanol–water partition coefficient (Wildman–Crippen LogP) is 3.72. The molecular formula is C17H22N2O. The molecule has 3 heteroatoms. The zero-order valence-corrected chi connectivity index (χ0v) is 12.7. The van der Waals surface area contributed by atoms with Gasteiger partial charge in [-0.25, -0.2) is 4.98 Å². The second-order valence-electron chi connectivity index (χ2n) is 5.34. The maximum Gasteiger partial charge on any atom is 0.167 e. The minimum atomic E-state index is 0.00315. The number of aromatic nitrogens is 2. The Morgan fingerprint density at radius 2 is 2.05 bits per heavy atom. The smallest absolute Gasteiger partial charge is 0.167 e. The highest BCUT2D eigenvalue weighted by Gasteiger charge is 2.21. The summed E-state index contributed by atoms with van der Waals surface area (Å²) in [5.74, 6) is 1.20. The summed E-state index contributed by atoms with van der Waals surface area (Å²) in [6.07, 6.45) is 4.56. The van der Waals surface area contributed by atoms with Crippen molar-refractivity contribution < 1.29 is 4.79 Å². The summed E-state index contributed by atoms with van der Waals surface area (Å²) >= 11 is 0. The Balaban J connectivity index is 2.25. The molecule has 0 aliphatic heterocycles. The van der Waals surface area contributed by atoms with Crippen molar-refractivity contribution in [2.24, 2.45) is 5.92 Å². The van der Waals surface area contributed by atoms with E-state index in [1.54, 1.807) is 6.20 Å². The molecule has 0 bridgehead atoms. The zero-order chi connectivity index (χ0) is 14.7. The third-order valence-corrected chi connectivity index (χ3v) is 4.07. The van der Waals surface area contributed by atoms with Crippen LogP contribution in [0.1, 0.15) is 40.7 Å². The van der Waals surface area contributed by atoms with E-state index in [4.69, 9.17) is 0 Å². The molecule has 2 rings (SSSR count). The highest BCUT2D eigenvalue weighted by atomic mass is 16.1. The van der Waals surface area contributed by atoms with Gasteiger partial charge < -0.3 is 4.57 Å². The summed E-state index contributed by atoms with van der Waals surface area (Å²) in [7, 11) is 0. The maximum absolute atomic E-state index is 12.8. The summed E-state index contributed by atoms with van der Waals surface area (Å²) in [6.45, 7) is 8.81. The predicted molar refractivity (Wildman–Crippen MR) is 81.0 cm³/mol. The van der Waals surface area contributed by atoms with Gasteiger partial charge in [0.1, 0.15) is 5.82 Å². The summed E-state index contributed by atoms with van der Waals surface area (Å²) in [5.41, 5.74) is 3.12. The van der Waals surface area contributed by atoms with E-state index in [0.717, 1.165) is 23.4 Å². The highest BCUT2D eigenvalue weighted by Crippen LogP contribution is 2.20. The van der Waals surface area contributed by atoms with E-state index in [1.807, 2.05) is 45.2 Å². The molecule has 1 aromatic carbocycles. The molecule has 3 nitrogen and oxygen atoms in total. The van der Waals surface area contributed by atoms with Crippen molar-refractivity contribution in [2.45, 2.75) is 40.7 Å².